The van der Waals surface area contributed by atoms with E-state index in [4.69, 9.17) is 4.74 Å². The lowest BCUT2D eigenvalue weighted by Crippen LogP contribution is -2.37. The first-order chi connectivity index (χ1) is 16.7. The fourth-order valence-electron chi connectivity index (χ4n) is 3.61. The highest BCUT2D eigenvalue weighted by atomic mass is 32.2. The SMILES string of the molecule is CC(C)CN(Cc1csc(COc2ccc(F)cc2)n1)C(=O)S(=O)(=O)c1ccc2ccccc2c1. The number of thiazole rings is 1. The van der Waals surface area contributed by atoms with Crippen molar-refractivity contribution in [2.45, 2.75) is 31.9 Å². The van der Waals surface area contributed by atoms with E-state index in [2.05, 4.69) is 4.98 Å². The smallest absolute Gasteiger partial charge is 0.344 e. The molecule has 0 fully saturated rings. The molecule has 3 aromatic carbocycles. The minimum Gasteiger partial charge on any atom is -0.486 e. The molecule has 182 valence electrons. The number of ether oxygens (including phenoxy) is 1. The average molecular weight is 513 g/mol. The molecule has 0 aliphatic carbocycles. The van der Waals surface area contributed by atoms with Crippen molar-refractivity contribution in [3.8, 4) is 5.75 Å². The lowest BCUT2D eigenvalue weighted by Gasteiger charge is -2.23. The summed E-state index contributed by atoms with van der Waals surface area (Å²) < 4.78 is 45.1. The molecule has 0 spiro atoms. The number of hydrogen-bond acceptors (Lipinski definition) is 6. The van der Waals surface area contributed by atoms with E-state index in [1.165, 1.54) is 52.6 Å². The van der Waals surface area contributed by atoms with Gasteiger partial charge in [0.2, 0.25) is 0 Å². The maximum Gasteiger partial charge on any atom is 0.344 e. The van der Waals surface area contributed by atoms with Gasteiger partial charge in [-0.15, -0.1) is 11.3 Å². The molecule has 4 aromatic rings. The van der Waals surface area contributed by atoms with Crippen LogP contribution < -0.4 is 4.74 Å². The van der Waals surface area contributed by atoms with Crippen molar-refractivity contribution in [2.24, 2.45) is 5.92 Å². The van der Waals surface area contributed by atoms with Crippen molar-refractivity contribution in [3.63, 3.8) is 0 Å². The molecule has 35 heavy (non-hydrogen) atoms. The van der Waals surface area contributed by atoms with E-state index in [-0.39, 0.29) is 36.3 Å². The molecule has 0 atom stereocenters. The molecule has 4 rings (SSSR count). The highest BCUT2D eigenvalue weighted by Gasteiger charge is 2.31. The largest absolute Gasteiger partial charge is 0.486 e. The van der Waals surface area contributed by atoms with Gasteiger partial charge < -0.3 is 9.64 Å². The number of aromatic nitrogens is 1. The second-order valence-corrected chi connectivity index (χ2v) is 11.3. The Morgan fingerprint density at radius 3 is 2.49 bits per heavy atom. The molecule has 0 saturated carbocycles. The number of nitrogens with zero attached hydrogens (tertiary/aromatic N) is 2. The summed E-state index contributed by atoms with van der Waals surface area (Å²) in [7, 11) is -4.23. The highest BCUT2D eigenvalue weighted by molar-refractivity contribution is 8.06. The number of rotatable bonds is 8. The fourth-order valence-corrected chi connectivity index (χ4v) is 5.52. The molecule has 0 N–H and O–H groups in total. The van der Waals surface area contributed by atoms with Gasteiger partial charge in [0.25, 0.3) is 9.84 Å². The summed E-state index contributed by atoms with van der Waals surface area (Å²) in [5, 5.41) is 3.15. The second kappa shape index (κ2) is 10.5. The van der Waals surface area contributed by atoms with Crippen molar-refractivity contribution in [3.05, 3.63) is 88.6 Å². The van der Waals surface area contributed by atoms with Crippen LogP contribution in [0.1, 0.15) is 24.5 Å². The Bertz CT molecular complexity index is 1430. The second-order valence-electron chi connectivity index (χ2n) is 8.53. The van der Waals surface area contributed by atoms with Crippen LogP contribution in [0.15, 0.2) is 77.0 Å². The van der Waals surface area contributed by atoms with Crippen LogP contribution in [0.4, 0.5) is 9.18 Å². The molecule has 6 nitrogen and oxygen atoms in total. The van der Waals surface area contributed by atoms with Crippen LogP contribution in [0.25, 0.3) is 10.8 Å². The number of sulfone groups is 1. The molecular formula is C26H25FN2O4S2. The maximum atomic E-state index is 13.2. The van der Waals surface area contributed by atoms with Gasteiger partial charge in [0.1, 0.15) is 23.2 Å². The minimum absolute atomic E-state index is 0.0263. The Kier molecular flexibility index (Phi) is 7.47. The van der Waals surface area contributed by atoms with Gasteiger partial charge >= 0.3 is 5.24 Å². The maximum absolute atomic E-state index is 13.2. The molecule has 0 unspecified atom stereocenters. The fraction of sp³-hybridized carbons (Fsp3) is 0.231. The predicted octanol–water partition coefficient (Wildman–Crippen LogP) is 6.07. The van der Waals surface area contributed by atoms with E-state index in [1.807, 2.05) is 38.1 Å². The van der Waals surface area contributed by atoms with E-state index in [0.717, 1.165) is 10.8 Å². The molecular weight excluding hydrogens is 487 g/mol. The lowest BCUT2D eigenvalue weighted by molar-refractivity contribution is 0.209. The predicted molar refractivity (Wildman–Crippen MR) is 135 cm³/mol. The zero-order chi connectivity index (χ0) is 25.0. The Morgan fingerprint density at radius 2 is 1.77 bits per heavy atom. The van der Waals surface area contributed by atoms with Crippen molar-refractivity contribution >= 4 is 37.2 Å². The lowest BCUT2D eigenvalue weighted by atomic mass is 10.1. The van der Waals surface area contributed by atoms with Crippen LogP contribution in [0.2, 0.25) is 0 Å². The van der Waals surface area contributed by atoms with Gasteiger partial charge in [-0.3, -0.25) is 4.79 Å². The monoisotopic (exact) mass is 512 g/mol. The number of halogens is 1. The van der Waals surface area contributed by atoms with E-state index < -0.39 is 15.1 Å². The van der Waals surface area contributed by atoms with Crippen LogP contribution in [0.5, 0.6) is 5.75 Å². The van der Waals surface area contributed by atoms with Gasteiger partial charge in [0.05, 0.1) is 17.1 Å². The topological polar surface area (TPSA) is 76.6 Å². The quantitative estimate of drug-likeness (QED) is 0.287. The number of carbonyl (C=O) groups is 1. The molecule has 0 aliphatic rings. The summed E-state index contributed by atoms with van der Waals surface area (Å²) in [6.45, 7) is 4.36. The van der Waals surface area contributed by atoms with E-state index in [9.17, 15) is 17.6 Å². The van der Waals surface area contributed by atoms with Crippen molar-refractivity contribution in [1.82, 2.24) is 9.88 Å². The van der Waals surface area contributed by atoms with Crippen LogP contribution >= 0.6 is 11.3 Å². The van der Waals surface area contributed by atoms with E-state index >= 15 is 0 Å². The zero-order valence-corrected chi connectivity index (χ0v) is 21.0. The first kappa shape index (κ1) is 24.8. The molecule has 1 heterocycles. The van der Waals surface area contributed by atoms with Crippen LogP contribution in [0, 0.1) is 11.7 Å². The number of fused-ring (bicyclic) bond motifs is 1. The first-order valence-electron chi connectivity index (χ1n) is 11.1. The first-order valence-corrected chi connectivity index (χ1v) is 13.4. The van der Waals surface area contributed by atoms with Crippen LogP contribution in [-0.2, 0) is 23.0 Å². The van der Waals surface area contributed by atoms with E-state index in [1.54, 1.807) is 11.4 Å². The Balaban J connectivity index is 1.50. The molecule has 0 aliphatic heterocycles. The number of benzene rings is 3. The van der Waals surface area contributed by atoms with Gasteiger partial charge in [-0.25, -0.2) is 17.8 Å². The third kappa shape index (κ3) is 6.04. The summed E-state index contributed by atoms with van der Waals surface area (Å²) in [4.78, 5) is 19.0. The normalized spacial score (nSPS) is 11.7. The molecule has 1 aromatic heterocycles. The molecule has 0 bridgehead atoms. The Labute approximate surface area is 207 Å². The summed E-state index contributed by atoms with van der Waals surface area (Å²) >= 11 is 1.35. The number of amides is 1. The molecule has 9 heteroatoms. The minimum atomic E-state index is -4.23. The number of carbonyl (C=O) groups excluding carboxylic acids is 1. The van der Waals surface area contributed by atoms with Crippen molar-refractivity contribution in [1.29, 1.82) is 0 Å². The molecule has 0 radical (unpaired) electrons. The third-order valence-corrected chi connectivity index (χ3v) is 7.70. The van der Waals surface area contributed by atoms with Crippen molar-refractivity contribution < 1.29 is 22.3 Å². The van der Waals surface area contributed by atoms with Crippen LogP contribution in [-0.4, -0.2) is 30.1 Å². The third-order valence-electron chi connectivity index (χ3n) is 5.23. The molecule has 0 saturated heterocycles. The standard InChI is InChI=1S/C26H25FN2O4S2/c1-18(2)14-29(15-22-17-34-25(28-22)16-33-23-10-8-21(27)9-11-23)26(30)35(31,32)24-12-7-19-5-3-4-6-20(19)13-24/h3-13,17-18H,14-16H2,1-2H3. The highest BCUT2D eigenvalue weighted by Crippen LogP contribution is 2.23. The summed E-state index contributed by atoms with van der Waals surface area (Å²) in [6.07, 6.45) is 0. The summed E-state index contributed by atoms with van der Waals surface area (Å²) in [5.41, 5.74) is 0.579. The van der Waals surface area contributed by atoms with Gasteiger partial charge in [-0.2, -0.15) is 0 Å². The van der Waals surface area contributed by atoms with Crippen molar-refractivity contribution in [2.75, 3.05) is 6.54 Å². The number of hydrogen-bond donors (Lipinski definition) is 0. The average Bonchev–Trinajstić information content (AvgIpc) is 3.29. The van der Waals surface area contributed by atoms with E-state index in [0.29, 0.717) is 16.5 Å². The van der Waals surface area contributed by atoms with Gasteiger partial charge in [0, 0.05) is 11.9 Å². The van der Waals surface area contributed by atoms with Crippen LogP contribution in [0.3, 0.4) is 0 Å². The zero-order valence-electron chi connectivity index (χ0n) is 19.3. The Morgan fingerprint density at radius 1 is 1.06 bits per heavy atom. The Hall–Kier alpha value is -3.30. The summed E-state index contributed by atoms with van der Waals surface area (Å²) in [6, 6.07) is 17.8. The van der Waals surface area contributed by atoms with Gasteiger partial charge in [-0.05, 0) is 53.1 Å². The van der Waals surface area contributed by atoms with Gasteiger partial charge in [-0.1, -0.05) is 44.2 Å². The summed E-state index contributed by atoms with van der Waals surface area (Å²) in [5.74, 6) is 0.231. The van der Waals surface area contributed by atoms with Gasteiger partial charge in [0.15, 0.2) is 0 Å². The molecule has 1 amide bonds.